The van der Waals surface area contributed by atoms with E-state index in [1.54, 1.807) is 36.4 Å². The van der Waals surface area contributed by atoms with Crippen LogP contribution in [0.5, 0.6) is 0 Å². The van der Waals surface area contributed by atoms with Gasteiger partial charge in [-0.25, -0.2) is 0 Å². The van der Waals surface area contributed by atoms with Crippen molar-refractivity contribution in [1.82, 2.24) is 0 Å². The topological polar surface area (TPSA) is 29.1 Å². The van der Waals surface area contributed by atoms with Crippen molar-refractivity contribution in [2.45, 2.75) is 6.92 Å². The number of rotatable bonds is 4. The summed E-state index contributed by atoms with van der Waals surface area (Å²) in [5.41, 5.74) is 2.47. The van der Waals surface area contributed by atoms with Crippen LogP contribution < -0.4 is 5.32 Å². The van der Waals surface area contributed by atoms with E-state index in [1.807, 2.05) is 19.1 Å². The number of nitrogens with one attached hydrogen (secondary N) is 1. The fraction of sp³-hybridized carbons (Fsp3) is 0.0625. The molecule has 0 saturated carbocycles. The predicted molar refractivity (Wildman–Crippen MR) is 84.5 cm³/mol. The minimum Gasteiger partial charge on any atom is -0.360 e. The van der Waals surface area contributed by atoms with E-state index >= 15 is 0 Å². The Morgan fingerprint density at radius 1 is 1.05 bits per heavy atom. The molecule has 0 aliphatic rings. The molecule has 102 valence electrons. The molecule has 2 aromatic carbocycles. The lowest BCUT2D eigenvalue weighted by Gasteiger charge is -2.03. The standard InChI is InChI=1S/C16H13Cl2NO/c1-11-2-4-12(5-3-11)16(20)15(18)10-19-14-8-6-13(17)7-9-14/h2-10,19H,1H3/b15-10-. The molecule has 1 N–H and O–H groups in total. The SMILES string of the molecule is Cc1ccc(C(=O)/C(Cl)=C/Nc2ccc(Cl)cc2)cc1. The number of anilines is 1. The third-order valence-corrected chi connectivity index (χ3v) is 3.27. The smallest absolute Gasteiger partial charge is 0.205 e. The normalized spacial score (nSPS) is 11.2. The second-order valence-corrected chi connectivity index (χ2v) is 5.18. The Morgan fingerprint density at radius 3 is 2.25 bits per heavy atom. The van der Waals surface area contributed by atoms with Gasteiger partial charge >= 0.3 is 0 Å². The van der Waals surface area contributed by atoms with Gasteiger partial charge in [-0.2, -0.15) is 0 Å². The van der Waals surface area contributed by atoms with Crippen molar-refractivity contribution in [2.75, 3.05) is 5.32 Å². The van der Waals surface area contributed by atoms with Crippen LogP contribution in [0.1, 0.15) is 15.9 Å². The first-order valence-electron chi connectivity index (χ1n) is 6.05. The van der Waals surface area contributed by atoms with Gasteiger partial charge in [0, 0.05) is 22.5 Å². The zero-order chi connectivity index (χ0) is 14.5. The minimum absolute atomic E-state index is 0.129. The molecule has 0 unspecified atom stereocenters. The maximum absolute atomic E-state index is 12.1. The van der Waals surface area contributed by atoms with Crippen LogP contribution in [-0.4, -0.2) is 5.78 Å². The Labute approximate surface area is 128 Å². The minimum atomic E-state index is -0.215. The van der Waals surface area contributed by atoms with Crippen LogP contribution in [0.3, 0.4) is 0 Å². The van der Waals surface area contributed by atoms with Gasteiger partial charge in [-0.1, -0.05) is 53.0 Å². The molecule has 20 heavy (non-hydrogen) atoms. The summed E-state index contributed by atoms with van der Waals surface area (Å²) in [6.07, 6.45) is 1.48. The van der Waals surface area contributed by atoms with Crippen LogP contribution >= 0.6 is 23.2 Å². The highest BCUT2D eigenvalue weighted by Crippen LogP contribution is 2.16. The largest absolute Gasteiger partial charge is 0.360 e. The van der Waals surface area contributed by atoms with E-state index in [0.29, 0.717) is 10.6 Å². The van der Waals surface area contributed by atoms with Crippen molar-refractivity contribution in [3.05, 3.63) is 75.9 Å². The van der Waals surface area contributed by atoms with E-state index in [1.165, 1.54) is 6.20 Å². The third kappa shape index (κ3) is 3.86. The monoisotopic (exact) mass is 305 g/mol. The van der Waals surface area contributed by atoms with Gasteiger partial charge in [0.25, 0.3) is 0 Å². The van der Waals surface area contributed by atoms with Crippen LogP contribution in [-0.2, 0) is 0 Å². The number of hydrogen-bond acceptors (Lipinski definition) is 2. The molecule has 2 nitrogen and oxygen atoms in total. The molecule has 0 amide bonds. The second-order valence-electron chi connectivity index (χ2n) is 4.34. The summed E-state index contributed by atoms with van der Waals surface area (Å²) in [6.45, 7) is 1.97. The van der Waals surface area contributed by atoms with Crippen molar-refractivity contribution in [3.8, 4) is 0 Å². The number of carbonyl (C=O) groups excluding carboxylic acids is 1. The van der Waals surface area contributed by atoms with E-state index in [4.69, 9.17) is 23.2 Å². The summed E-state index contributed by atoms with van der Waals surface area (Å²) >= 11 is 11.8. The number of allylic oxidation sites excluding steroid dienone is 1. The van der Waals surface area contributed by atoms with E-state index in [9.17, 15) is 4.79 Å². The summed E-state index contributed by atoms with van der Waals surface area (Å²) in [5, 5.41) is 3.74. The van der Waals surface area contributed by atoms with Gasteiger partial charge in [-0.15, -0.1) is 0 Å². The molecule has 0 heterocycles. The summed E-state index contributed by atoms with van der Waals surface area (Å²) in [6, 6.07) is 14.4. The average molecular weight is 306 g/mol. The number of benzene rings is 2. The van der Waals surface area contributed by atoms with Gasteiger partial charge in [0.15, 0.2) is 0 Å². The molecule has 0 saturated heterocycles. The van der Waals surface area contributed by atoms with Crippen molar-refractivity contribution in [1.29, 1.82) is 0 Å². The van der Waals surface area contributed by atoms with E-state index in [2.05, 4.69) is 5.32 Å². The first-order valence-corrected chi connectivity index (χ1v) is 6.81. The highest BCUT2D eigenvalue weighted by atomic mass is 35.5. The van der Waals surface area contributed by atoms with Crippen LogP contribution in [0.15, 0.2) is 59.8 Å². The molecule has 4 heteroatoms. The van der Waals surface area contributed by atoms with Gasteiger partial charge in [-0.05, 0) is 31.2 Å². The van der Waals surface area contributed by atoms with Crippen molar-refractivity contribution in [2.24, 2.45) is 0 Å². The zero-order valence-corrected chi connectivity index (χ0v) is 12.4. The fourth-order valence-electron chi connectivity index (χ4n) is 1.60. The van der Waals surface area contributed by atoms with Crippen LogP contribution in [0.4, 0.5) is 5.69 Å². The van der Waals surface area contributed by atoms with Crippen LogP contribution in [0.25, 0.3) is 0 Å². The van der Waals surface area contributed by atoms with Crippen LogP contribution in [0, 0.1) is 6.92 Å². The second kappa shape index (κ2) is 6.60. The summed E-state index contributed by atoms with van der Waals surface area (Å²) in [4.78, 5) is 12.1. The summed E-state index contributed by atoms with van der Waals surface area (Å²) in [5.74, 6) is -0.215. The number of aryl methyl sites for hydroxylation is 1. The highest BCUT2D eigenvalue weighted by Gasteiger charge is 2.09. The summed E-state index contributed by atoms with van der Waals surface area (Å²) in [7, 11) is 0. The first kappa shape index (κ1) is 14.6. The number of halogens is 2. The van der Waals surface area contributed by atoms with E-state index in [-0.39, 0.29) is 10.8 Å². The predicted octanol–water partition coefficient (Wildman–Crippen LogP) is 5.02. The lowest BCUT2D eigenvalue weighted by Crippen LogP contribution is -2.01. The number of Topliss-reactive ketones (excluding diaryl/α,β-unsaturated/α-hetero) is 1. The molecule has 0 atom stereocenters. The average Bonchev–Trinajstić information content (AvgIpc) is 2.46. The molecule has 2 rings (SSSR count). The number of carbonyl (C=O) groups is 1. The lowest BCUT2D eigenvalue weighted by atomic mass is 10.1. The Morgan fingerprint density at radius 2 is 1.65 bits per heavy atom. The Bertz CT molecular complexity index is 631. The Kier molecular flexibility index (Phi) is 4.83. The van der Waals surface area contributed by atoms with Gasteiger partial charge < -0.3 is 5.32 Å². The van der Waals surface area contributed by atoms with Gasteiger partial charge in [0.2, 0.25) is 5.78 Å². The number of hydrogen-bond donors (Lipinski definition) is 1. The number of ketones is 1. The zero-order valence-electron chi connectivity index (χ0n) is 10.9. The summed E-state index contributed by atoms with van der Waals surface area (Å²) < 4.78 is 0. The van der Waals surface area contributed by atoms with E-state index in [0.717, 1.165) is 11.3 Å². The van der Waals surface area contributed by atoms with Crippen molar-refractivity contribution < 1.29 is 4.79 Å². The molecule has 0 spiro atoms. The van der Waals surface area contributed by atoms with Crippen LogP contribution in [0.2, 0.25) is 5.02 Å². The quantitative estimate of drug-likeness (QED) is 0.634. The fourth-order valence-corrected chi connectivity index (χ4v) is 1.89. The van der Waals surface area contributed by atoms with Gasteiger partial charge in [0.1, 0.15) is 5.03 Å². The molecule has 0 bridgehead atoms. The molecular weight excluding hydrogens is 293 g/mol. The maximum atomic E-state index is 12.1. The third-order valence-electron chi connectivity index (χ3n) is 2.74. The molecule has 0 aliphatic carbocycles. The maximum Gasteiger partial charge on any atom is 0.205 e. The Balaban J connectivity index is 2.08. The van der Waals surface area contributed by atoms with E-state index < -0.39 is 0 Å². The van der Waals surface area contributed by atoms with Crippen molar-refractivity contribution in [3.63, 3.8) is 0 Å². The van der Waals surface area contributed by atoms with Gasteiger partial charge in [-0.3, -0.25) is 4.79 Å². The molecule has 2 aromatic rings. The highest BCUT2D eigenvalue weighted by molar-refractivity contribution is 6.45. The molecule has 0 aromatic heterocycles. The van der Waals surface area contributed by atoms with Gasteiger partial charge in [0.05, 0.1) is 0 Å². The molecule has 0 radical (unpaired) electrons. The molecule has 0 fully saturated rings. The first-order chi connectivity index (χ1) is 9.56. The van der Waals surface area contributed by atoms with Crippen molar-refractivity contribution >= 4 is 34.7 Å². The Hall–Kier alpha value is -1.77. The molecular formula is C16H13Cl2NO. The lowest BCUT2D eigenvalue weighted by molar-refractivity contribution is 0.104. The molecule has 0 aliphatic heterocycles.